The number of aldehydes is 1. The van der Waals surface area contributed by atoms with Crippen molar-refractivity contribution in [3.63, 3.8) is 0 Å². The summed E-state index contributed by atoms with van der Waals surface area (Å²) in [4.78, 5) is 14.1. The first-order valence-electron chi connectivity index (χ1n) is 8.66. The summed E-state index contributed by atoms with van der Waals surface area (Å²) in [6, 6.07) is 30.7. The topological polar surface area (TPSA) is 20.3 Å². The van der Waals surface area contributed by atoms with Gasteiger partial charge in [0.2, 0.25) is 0 Å². The van der Waals surface area contributed by atoms with Crippen molar-refractivity contribution in [2.75, 3.05) is 0 Å². The second-order valence-corrected chi connectivity index (χ2v) is 6.27. The highest BCUT2D eigenvalue weighted by Gasteiger charge is 2.19. The van der Waals surface area contributed by atoms with Gasteiger partial charge in [-0.3, -0.25) is 4.90 Å². The minimum Gasteiger partial charge on any atom is -0.302 e. The van der Waals surface area contributed by atoms with Crippen molar-refractivity contribution in [3.8, 4) is 0 Å². The van der Waals surface area contributed by atoms with Crippen LogP contribution in [0.2, 0.25) is 0 Å². The Balaban J connectivity index is 1.81. The molecule has 0 aliphatic rings. The lowest BCUT2D eigenvalue weighted by Gasteiger charge is -2.28. The van der Waals surface area contributed by atoms with Crippen molar-refractivity contribution in [2.45, 2.75) is 25.6 Å². The highest BCUT2D eigenvalue weighted by Crippen LogP contribution is 2.16. The first-order chi connectivity index (χ1) is 12.3. The minimum absolute atomic E-state index is 0.150. The summed E-state index contributed by atoms with van der Waals surface area (Å²) in [5.74, 6) is 0. The molecule has 0 aliphatic heterocycles. The molecule has 0 amide bonds. The molecule has 0 aliphatic carbocycles. The van der Waals surface area contributed by atoms with Crippen LogP contribution in [-0.2, 0) is 24.3 Å². The number of hydrogen-bond acceptors (Lipinski definition) is 2. The molecular weight excluding hydrogens is 306 g/mol. The number of hydrogen-bond donors (Lipinski definition) is 0. The SMILES string of the molecule is O=C[C@@H](Cc1ccccc1)N(Cc1ccccc1)Cc1ccccc1. The number of carbonyl (C=O) groups excluding carboxylic acids is 1. The molecule has 0 bridgehead atoms. The van der Waals surface area contributed by atoms with Gasteiger partial charge < -0.3 is 4.79 Å². The fourth-order valence-corrected chi connectivity index (χ4v) is 3.05. The minimum atomic E-state index is -0.150. The third kappa shape index (κ3) is 5.13. The van der Waals surface area contributed by atoms with Gasteiger partial charge in [-0.25, -0.2) is 0 Å². The Kier molecular flexibility index (Phi) is 6.13. The maximum Gasteiger partial charge on any atom is 0.137 e. The number of nitrogens with zero attached hydrogens (tertiary/aromatic N) is 1. The Labute approximate surface area is 149 Å². The first kappa shape index (κ1) is 17.1. The quantitative estimate of drug-likeness (QED) is 0.567. The van der Waals surface area contributed by atoms with Gasteiger partial charge in [0.25, 0.3) is 0 Å². The molecule has 0 aromatic heterocycles. The van der Waals surface area contributed by atoms with Gasteiger partial charge in [0.05, 0.1) is 6.04 Å². The molecule has 1 atom stereocenters. The molecule has 2 heteroatoms. The highest BCUT2D eigenvalue weighted by molar-refractivity contribution is 5.58. The average molecular weight is 329 g/mol. The molecule has 0 spiro atoms. The van der Waals surface area contributed by atoms with Crippen molar-refractivity contribution in [1.82, 2.24) is 4.90 Å². The Bertz CT molecular complexity index is 714. The molecule has 0 unspecified atom stereocenters. The third-order valence-electron chi connectivity index (χ3n) is 4.37. The molecule has 0 N–H and O–H groups in total. The average Bonchev–Trinajstić information content (AvgIpc) is 2.68. The van der Waals surface area contributed by atoms with E-state index in [-0.39, 0.29) is 6.04 Å². The lowest BCUT2D eigenvalue weighted by molar-refractivity contribution is -0.112. The summed E-state index contributed by atoms with van der Waals surface area (Å²) in [6.07, 6.45) is 1.81. The predicted octanol–water partition coefficient (Wildman–Crippen LogP) is 4.50. The molecular formula is C23H23NO. The van der Waals surface area contributed by atoms with Crippen LogP contribution in [0.1, 0.15) is 16.7 Å². The summed E-state index contributed by atoms with van der Waals surface area (Å²) in [5.41, 5.74) is 3.63. The summed E-state index contributed by atoms with van der Waals surface area (Å²) in [5, 5.41) is 0. The van der Waals surface area contributed by atoms with E-state index in [1.165, 1.54) is 16.7 Å². The summed E-state index contributed by atoms with van der Waals surface area (Å²) >= 11 is 0. The Morgan fingerprint density at radius 2 is 1.04 bits per heavy atom. The van der Waals surface area contributed by atoms with Crippen LogP contribution in [0.5, 0.6) is 0 Å². The lowest BCUT2D eigenvalue weighted by Crippen LogP contribution is -2.37. The van der Waals surface area contributed by atoms with Crippen LogP contribution in [0.15, 0.2) is 91.0 Å². The van der Waals surface area contributed by atoms with E-state index in [9.17, 15) is 4.79 Å². The van der Waals surface area contributed by atoms with Crippen molar-refractivity contribution in [3.05, 3.63) is 108 Å². The summed E-state index contributed by atoms with van der Waals surface area (Å²) in [6.45, 7) is 1.51. The van der Waals surface area contributed by atoms with Crippen LogP contribution in [0, 0.1) is 0 Å². The molecule has 0 saturated carbocycles. The molecule has 0 radical (unpaired) electrons. The Morgan fingerprint density at radius 1 is 0.640 bits per heavy atom. The van der Waals surface area contributed by atoms with Crippen molar-refractivity contribution >= 4 is 6.29 Å². The molecule has 3 rings (SSSR count). The molecule has 126 valence electrons. The fraction of sp³-hybridized carbons (Fsp3) is 0.174. The number of carbonyl (C=O) groups is 1. The van der Waals surface area contributed by atoms with Gasteiger partial charge in [0.1, 0.15) is 6.29 Å². The van der Waals surface area contributed by atoms with E-state index in [1.807, 2.05) is 54.6 Å². The van der Waals surface area contributed by atoms with E-state index in [4.69, 9.17) is 0 Å². The molecule has 3 aromatic carbocycles. The zero-order chi connectivity index (χ0) is 17.3. The maximum atomic E-state index is 11.9. The Morgan fingerprint density at radius 3 is 1.44 bits per heavy atom. The smallest absolute Gasteiger partial charge is 0.137 e. The van der Waals surface area contributed by atoms with Crippen LogP contribution in [-0.4, -0.2) is 17.2 Å². The Hall–Kier alpha value is -2.71. The second kappa shape index (κ2) is 8.95. The largest absolute Gasteiger partial charge is 0.302 e. The van der Waals surface area contributed by atoms with Crippen LogP contribution >= 0.6 is 0 Å². The number of benzene rings is 3. The fourth-order valence-electron chi connectivity index (χ4n) is 3.05. The van der Waals surface area contributed by atoms with Crippen LogP contribution in [0.3, 0.4) is 0 Å². The normalized spacial score (nSPS) is 12.0. The van der Waals surface area contributed by atoms with E-state index in [1.54, 1.807) is 0 Å². The monoisotopic (exact) mass is 329 g/mol. The van der Waals surface area contributed by atoms with Crippen LogP contribution < -0.4 is 0 Å². The van der Waals surface area contributed by atoms with Gasteiger partial charge in [-0.2, -0.15) is 0 Å². The summed E-state index contributed by atoms with van der Waals surface area (Å²) < 4.78 is 0. The standard InChI is InChI=1S/C23H23NO/c25-19-23(16-20-10-4-1-5-11-20)24(17-21-12-6-2-7-13-21)18-22-14-8-3-9-15-22/h1-15,19,23H,16-18H2/t23-/m1/s1. The molecule has 25 heavy (non-hydrogen) atoms. The van der Waals surface area contributed by atoms with Gasteiger partial charge in [0.15, 0.2) is 0 Å². The molecule has 2 nitrogen and oxygen atoms in total. The van der Waals surface area contributed by atoms with E-state index >= 15 is 0 Å². The zero-order valence-electron chi connectivity index (χ0n) is 14.3. The van der Waals surface area contributed by atoms with Crippen molar-refractivity contribution in [2.24, 2.45) is 0 Å². The molecule has 3 aromatic rings. The zero-order valence-corrected chi connectivity index (χ0v) is 14.3. The number of rotatable bonds is 8. The van der Waals surface area contributed by atoms with Crippen molar-refractivity contribution in [1.29, 1.82) is 0 Å². The van der Waals surface area contributed by atoms with Crippen molar-refractivity contribution < 1.29 is 4.79 Å². The van der Waals surface area contributed by atoms with Gasteiger partial charge >= 0.3 is 0 Å². The van der Waals surface area contributed by atoms with E-state index in [2.05, 4.69) is 41.3 Å². The van der Waals surface area contributed by atoms with Gasteiger partial charge in [-0.15, -0.1) is 0 Å². The van der Waals surface area contributed by atoms with Crippen LogP contribution in [0.4, 0.5) is 0 Å². The van der Waals surface area contributed by atoms with Crippen LogP contribution in [0.25, 0.3) is 0 Å². The van der Waals surface area contributed by atoms with E-state index < -0.39 is 0 Å². The molecule has 0 heterocycles. The second-order valence-electron chi connectivity index (χ2n) is 6.27. The van der Waals surface area contributed by atoms with E-state index in [0.29, 0.717) is 0 Å². The van der Waals surface area contributed by atoms with E-state index in [0.717, 1.165) is 25.8 Å². The third-order valence-corrected chi connectivity index (χ3v) is 4.37. The van der Waals surface area contributed by atoms with Gasteiger partial charge in [-0.1, -0.05) is 91.0 Å². The predicted molar refractivity (Wildman–Crippen MR) is 102 cm³/mol. The lowest BCUT2D eigenvalue weighted by atomic mass is 10.0. The van der Waals surface area contributed by atoms with Gasteiger partial charge in [0, 0.05) is 13.1 Å². The summed E-state index contributed by atoms with van der Waals surface area (Å²) in [7, 11) is 0. The first-order valence-corrected chi connectivity index (χ1v) is 8.66. The molecule has 0 fully saturated rings. The highest BCUT2D eigenvalue weighted by atomic mass is 16.1. The maximum absolute atomic E-state index is 11.9. The molecule has 0 saturated heterocycles. The van der Waals surface area contributed by atoms with Gasteiger partial charge in [-0.05, 0) is 23.1 Å².